The lowest BCUT2D eigenvalue weighted by Gasteiger charge is -2.09. The van der Waals surface area contributed by atoms with E-state index in [1.54, 1.807) is 25.1 Å². The van der Waals surface area contributed by atoms with Gasteiger partial charge >= 0.3 is 5.97 Å². The maximum atomic E-state index is 11.8. The summed E-state index contributed by atoms with van der Waals surface area (Å²) in [6.07, 6.45) is 0.712. The van der Waals surface area contributed by atoms with E-state index in [2.05, 4.69) is 0 Å². The number of carbonyl (C=O) groups excluding carboxylic acids is 2. The summed E-state index contributed by atoms with van der Waals surface area (Å²) >= 11 is 11.7. The molecule has 0 aromatic heterocycles. The summed E-state index contributed by atoms with van der Waals surface area (Å²) in [6.45, 7) is 3.43. The summed E-state index contributed by atoms with van der Waals surface area (Å²) in [5, 5.41) is 0.423. The third-order valence-corrected chi connectivity index (χ3v) is 3.30. The van der Waals surface area contributed by atoms with Crippen LogP contribution in [-0.2, 0) is 9.53 Å². The van der Waals surface area contributed by atoms with Gasteiger partial charge in [0.2, 0.25) is 0 Å². The van der Waals surface area contributed by atoms with Crippen LogP contribution in [0, 0.1) is 5.92 Å². The van der Waals surface area contributed by atoms with Gasteiger partial charge in [-0.05, 0) is 18.6 Å². The van der Waals surface area contributed by atoms with E-state index in [-0.39, 0.29) is 33.9 Å². The van der Waals surface area contributed by atoms with Crippen molar-refractivity contribution in [1.82, 2.24) is 0 Å². The maximum absolute atomic E-state index is 11.8. The van der Waals surface area contributed by atoms with Gasteiger partial charge in [-0.3, -0.25) is 4.79 Å². The Morgan fingerprint density at radius 3 is 2.33 bits per heavy atom. The van der Waals surface area contributed by atoms with Gasteiger partial charge in [0.05, 0.1) is 15.6 Å². The number of carbonyl (C=O) groups is 2. The van der Waals surface area contributed by atoms with Crippen LogP contribution in [0.5, 0.6) is 0 Å². The normalized spacial score (nSPS) is 12.0. The number of ketones is 1. The van der Waals surface area contributed by atoms with Crippen molar-refractivity contribution in [1.29, 1.82) is 0 Å². The summed E-state index contributed by atoms with van der Waals surface area (Å²) in [7, 11) is 0. The van der Waals surface area contributed by atoms with Crippen LogP contribution in [0.3, 0.4) is 0 Å². The summed E-state index contributed by atoms with van der Waals surface area (Å²) in [5.41, 5.74) is 0.0952. The zero-order valence-corrected chi connectivity index (χ0v) is 11.7. The topological polar surface area (TPSA) is 43.4 Å². The number of hydrogen-bond acceptors (Lipinski definition) is 3. The quantitative estimate of drug-likeness (QED) is 0.775. The minimum atomic E-state index is -0.678. The molecule has 0 spiro atoms. The van der Waals surface area contributed by atoms with Crippen molar-refractivity contribution in [2.45, 2.75) is 20.3 Å². The highest BCUT2D eigenvalue weighted by Crippen LogP contribution is 2.24. The van der Waals surface area contributed by atoms with E-state index >= 15 is 0 Å². The first-order valence-electron chi connectivity index (χ1n) is 5.61. The molecule has 1 aromatic rings. The van der Waals surface area contributed by atoms with Crippen LogP contribution >= 0.6 is 23.2 Å². The van der Waals surface area contributed by atoms with E-state index in [4.69, 9.17) is 27.9 Å². The average Bonchev–Trinajstić information content (AvgIpc) is 2.34. The molecular formula is C13H14Cl2O3. The van der Waals surface area contributed by atoms with Gasteiger partial charge in [-0.15, -0.1) is 0 Å². The second-order valence-electron chi connectivity index (χ2n) is 3.95. The van der Waals surface area contributed by atoms with Gasteiger partial charge in [0.1, 0.15) is 0 Å². The second-order valence-corrected chi connectivity index (χ2v) is 4.76. The Labute approximate surface area is 116 Å². The molecule has 1 atom stereocenters. The fourth-order valence-corrected chi connectivity index (χ4v) is 1.82. The minimum absolute atomic E-state index is 0.0952. The summed E-state index contributed by atoms with van der Waals surface area (Å²) in [4.78, 5) is 23.3. The number of Topliss-reactive ketones (excluding diaryl/α,β-unsaturated/α-hetero) is 1. The number of halogens is 2. The van der Waals surface area contributed by atoms with Gasteiger partial charge in [-0.2, -0.15) is 0 Å². The molecule has 1 aromatic carbocycles. The third kappa shape index (κ3) is 3.72. The Morgan fingerprint density at radius 1 is 1.28 bits per heavy atom. The predicted octanol–water partition coefficient (Wildman–Crippen LogP) is 3.77. The number of hydrogen-bond donors (Lipinski definition) is 0. The molecule has 0 aliphatic rings. The smallest absolute Gasteiger partial charge is 0.341 e. The summed E-state index contributed by atoms with van der Waals surface area (Å²) < 4.78 is 4.92. The molecule has 0 aliphatic heterocycles. The fraction of sp³-hybridized carbons (Fsp3) is 0.385. The molecule has 0 N–H and O–H groups in total. The van der Waals surface area contributed by atoms with Crippen molar-refractivity contribution in [3.8, 4) is 0 Å². The lowest BCUT2D eigenvalue weighted by atomic mass is 10.0. The lowest BCUT2D eigenvalue weighted by Crippen LogP contribution is -2.20. The van der Waals surface area contributed by atoms with Gasteiger partial charge in [-0.1, -0.05) is 43.1 Å². The van der Waals surface area contributed by atoms with E-state index in [1.807, 2.05) is 6.92 Å². The second kappa shape index (κ2) is 6.76. The van der Waals surface area contributed by atoms with Crippen molar-refractivity contribution in [3.63, 3.8) is 0 Å². The number of rotatable bonds is 5. The van der Waals surface area contributed by atoms with E-state index in [0.717, 1.165) is 0 Å². The van der Waals surface area contributed by atoms with E-state index in [0.29, 0.717) is 6.42 Å². The molecule has 3 nitrogen and oxygen atoms in total. The van der Waals surface area contributed by atoms with Crippen LogP contribution in [0.15, 0.2) is 18.2 Å². The van der Waals surface area contributed by atoms with Crippen LogP contribution in [0.4, 0.5) is 0 Å². The van der Waals surface area contributed by atoms with Crippen molar-refractivity contribution >= 4 is 35.0 Å². The molecule has 98 valence electrons. The van der Waals surface area contributed by atoms with Crippen LogP contribution < -0.4 is 0 Å². The SMILES string of the molecule is CCC(C)C(=O)COC(=O)c1c(Cl)cccc1Cl. The first-order chi connectivity index (χ1) is 8.47. The van der Waals surface area contributed by atoms with E-state index < -0.39 is 5.97 Å². The van der Waals surface area contributed by atoms with Crippen molar-refractivity contribution in [3.05, 3.63) is 33.8 Å². The van der Waals surface area contributed by atoms with E-state index in [1.165, 1.54) is 0 Å². The molecule has 0 aliphatic carbocycles. The largest absolute Gasteiger partial charge is 0.454 e. The predicted molar refractivity (Wildman–Crippen MR) is 71.2 cm³/mol. The Morgan fingerprint density at radius 2 is 1.83 bits per heavy atom. The monoisotopic (exact) mass is 288 g/mol. The fourth-order valence-electron chi connectivity index (χ4n) is 1.27. The molecule has 0 amide bonds. The molecule has 1 rings (SSSR count). The van der Waals surface area contributed by atoms with Crippen LogP contribution in [0.25, 0.3) is 0 Å². The molecular weight excluding hydrogens is 275 g/mol. The van der Waals surface area contributed by atoms with Gasteiger partial charge in [-0.25, -0.2) is 4.79 Å². The standard InChI is InChI=1S/C13H14Cl2O3/c1-3-8(2)11(16)7-18-13(17)12-9(14)5-4-6-10(12)15/h4-6,8H,3,7H2,1-2H3. The van der Waals surface area contributed by atoms with Crippen molar-refractivity contribution < 1.29 is 14.3 Å². The van der Waals surface area contributed by atoms with Gasteiger partial charge in [0.15, 0.2) is 12.4 Å². The van der Waals surface area contributed by atoms with Crippen LogP contribution in [0.1, 0.15) is 30.6 Å². The summed E-state index contributed by atoms with van der Waals surface area (Å²) in [6, 6.07) is 4.72. The molecule has 0 radical (unpaired) electrons. The zero-order valence-electron chi connectivity index (χ0n) is 10.2. The van der Waals surface area contributed by atoms with Crippen LogP contribution in [0.2, 0.25) is 10.0 Å². The molecule has 0 saturated heterocycles. The van der Waals surface area contributed by atoms with Crippen molar-refractivity contribution in [2.75, 3.05) is 6.61 Å². The Hall–Kier alpha value is -1.06. The first kappa shape index (κ1) is 15.0. The van der Waals surface area contributed by atoms with Crippen LogP contribution in [-0.4, -0.2) is 18.4 Å². The lowest BCUT2D eigenvalue weighted by molar-refractivity contribution is -0.125. The summed E-state index contributed by atoms with van der Waals surface area (Å²) in [5.74, 6) is -0.921. The number of benzene rings is 1. The number of esters is 1. The highest BCUT2D eigenvalue weighted by Gasteiger charge is 2.18. The molecule has 18 heavy (non-hydrogen) atoms. The van der Waals surface area contributed by atoms with Gasteiger partial charge in [0, 0.05) is 5.92 Å². The van der Waals surface area contributed by atoms with Gasteiger partial charge in [0.25, 0.3) is 0 Å². The Balaban J connectivity index is 2.70. The van der Waals surface area contributed by atoms with Crippen molar-refractivity contribution in [2.24, 2.45) is 5.92 Å². The maximum Gasteiger partial charge on any atom is 0.341 e. The first-order valence-corrected chi connectivity index (χ1v) is 6.36. The molecule has 0 bridgehead atoms. The molecule has 0 saturated carbocycles. The molecule has 1 unspecified atom stereocenters. The van der Waals surface area contributed by atoms with Gasteiger partial charge < -0.3 is 4.74 Å². The molecule has 0 heterocycles. The third-order valence-electron chi connectivity index (χ3n) is 2.67. The Bertz CT molecular complexity index is 437. The average molecular weight is 289 g/mol. The highest BCUT2D eigenvalue weighted by molar-refractivity contribution is 6.39. The Kier molecular flexibility index (Phi) is 5.63. The number of ether oxygens (including phenoxy) is 1. The van der Waals surface area contributed by atoms with E-state index in [9.17, 15) is 9.59 Å². The molecule has 0 fully saturated rings. The molecule has 5 heteroatoms. The minimum Gasteiger partial charge on any atom is -0.454 e. The highest BCUT2D eigenvalue weighted by atomic mass is 35.5. The zero-order chi connectivity index (χ0) is 13.7.